The average Bonchev–Trinajstić information content (AvgIpc) is 2.98. The van der Waals surface area contributed by atoms with Crippen LogP contribution in [-0.4, -0.2) is 45.0 Å². The summed E-state index contributed by atoms with van der Waals surface area (Å²) in [5.41, 5.74) is 2.13. The fourth-order valence-corrected chi connectivity index (χ4v) is 3.10. The zero-order chi connectivity index (χ0) is 19.6. The van der Waals surface area contributed by atoms with Crippen LogP contribution in [0.1, 0.15) is 28.4 Å². The van der Waals surface area contributed by atoms with Crippen LogP contribution >= 0.6 is 0 Å². The van der Waals surface area contributed by atoms with Crippen LogP contribution in [0.15, 0.2) is 48.5 Å². The lowest BCUT2D eigenvalue weighted by molar-refractivity contribution is -0.142. The summed E-state index contributed by atoms with van der Waals surface area (Å²) in [5, 5.41) is 21.0. The van der Waals surface area contributed by atoms with E-state index in [9.17, 15) is 19.5 Å². The van der Waals surface area contributed by atoms with Crippen LogP contribution in [0, 0.1) is 0 Å². The van der Waals surface area contributed by atoms with Crippen molar-refractivity contribution < 1.29 is 24.6 Å². The van der Waals surface area contributed by atoms with E-state index in [1.165, 1.54) is 24.0 Å². The first-order valence-corrected chi connectivity index (χ1v) is 8.57. The van der Waals surface area contributed by atoms with E-state index in [2.05, 4.69) is 5.32 Å². The van der Waals surface area contributed by atoms with Crippen molar-refractivity contribution in [3.8, 4) is 5.75 Å². The third-order valence-corrected chi connectivity index (χ3v) is 4.62. The molecule has 0 aromatic heterocycles. The number of fused-ring (bicyclic) bond motifs is 1. The van der Waals surface area contributed by atoms with E-state index < -0.39 is 24.0 Å². The first-order valence-electron chi connectivity index (χ1n) is 8.57. The van der Waals surface area contributed by atoms with Gasteiger partial charge >= 0.3 is 5.97 Å². The number of carbonyl (C=O) groups is 3. The highest BCUT2D eigenvalue weighted by molar-refractivity contribution is 6.01. The number of carbonyl (C=O) groups excluding carboxylic acids is 2. The molecule has 7 heteroatoms. The Morgan fingerprint density at radius 2 is 1.81 bits per heavy atom. The molecular formula is C20H20N2O5. The molecule has 0 saturated carbocycles. The van der Waals surface area contributed by atoms with Crippen molar-refractivity contribution in [2.45, 2.75) is 32.0 Å². The molecule has 0 spiro atoms. The number of hydrogen-bond donors (Lipinski definition) is 3. The quantitative estimate of drug-likeness (QED) is 0.717. The van der Waals surface area contributed by atoms with Crippen molar-refractivity contribution in [1.82, 2.24) is 10.2 Å². The Kier molecular flexibility index (Phi) is 5.12. The minimum absolute atomic E-state index is 0.101. The van der Waals surface area contributed by atoms with Crippen LogP contribution in [0.5, 0.6) is 5.75 Å². The maximum atomic E-state index is 12.8. The maximum Gasteiger partial charge on any atom is 0.325 e. The highest BCUT2D eigenvalue weighted by Gasteiger charge is 2.37. The number of phenols is 1. The van der Waals surface area contributed by atoms with Gasteiger partial charge in [0.25, 0.3) is 5.91 Å². The van der Waals surface area contributed by atoms with E-state index in [0.29, 0.717) is 5.56 Å². The molecule has 1 aliphatic rings. The minimum Gasteiger partial charge on any atom is -0.508 e. The molecular weight excluding hydrogens is 348 g/mol. The Morgan fingerprint density at radius 3 is 2.44 bits per heavy atom. The van der Waals surface area contributed by atoms with E-state index in [1.807, 2.05) is 12.1 Å². The number of hydrogen-bond acceptors (Lipinski definition) is 4. The second-order valence-corrected chi connectivity index (χ2v) is 6.55. The second-order valence-electron chi connectivity index (χ2n) is 6.55. The lowest BCUT2D eigenvalue weighted by Gasteiger charge is -2.28. The number of carboxylic acids is 1. The Labute approximate surface area is 156 Å². The molecule has 2 atom stereocenters. The summed E-state index contributed by atoms with van der Waals surface area (Å²) < 4.78 is 0. The van der Waals surface area contributed by atoms with Crippen LogP contribution in [-0.2, 0) is 22.6 Å². The Hall–Kier alpha value is -3.35. The molecule has 0 radical (unpaired) electrons. The first-order chi connectivity index (χ1) is 12.9. The summed E-state index contributed by atoms with van der Waals surface area (Å²) in [6.45, 7) is 1.66. The number of benzene rings is 2. The number of aromatic hydroxyl groups is 1. The highest BCUT2D eigenvalue weighted by Crippen LogP contribution is 2.26. The van der Waals surface area contributed by atoms with Crippen LogP contribution in [0.4, 0.5) is 0 Å². The Morgan fingerprint density at radius 1 is 1.15 bits per heavy atom. The van der Waals surface area contributed by atoms with Gasteiger partial charge in [-0.2, -0.15) is 0 Å². The molecule has 2 aromatic carbocycles. The van der Waals surface area contributed by atoms with Crippen molar-refractivity contribution in [1.29, 1.82) is 0 Å². The van der Waals surface area contributed by atoms with Gasteiger partial charge in [-0.3, -0.25) is 14.4 Å². The molecule has 3 N–H and O–H groups in total. The van der Waals surface area contributed by atoms with E-state index in [-0.39, 0.29) is 24.6 Å². The lowest BCUT2D eigenvalue weighted by atomic mass is 10.0. The zero-order valence-electron chi connectivity index (χ0n) is 14.8. The van der Waals surface area contributed by atoms with E-state index in [4.69, 9.17) is 5.11 Å². The normalized spacial score (nSPS) is 15.1. The molecule has 3 rings (SSSR count). The van der Waals surface area contributed by atoms with Crippen LogP contribution in [0.3, 0.4) is 0 Å². The summed E-state index contributed by atoms with van der Waals surface area (Å²) in [6.07, 6.45) is 0.207. The largest absolute Gasteiger partial charge is 0.508 e. The van der Waals surface area contributed by atoms with Crippen LogP contribution in [0.25, 0.3) is 0 Å². The van der Waals surface area contributed by atoms with Crippen molar-refractivity contribution >= 4 is 17.8 Å². The van der Waals surface area contributed by atoms with Gasteiger partial charge < -0.3 is 20.4 Å². The average molecular weight is 368 g/mol. The number of nitrogens with zero attached hydrogens (tertiary/aromatic N) is 1. The molecule has 0 bridgehead atoms. The van der Waals surface area contributed by atoms with Gasteiger partial charge in [-0.1, -0.05) is 30.3 Å². The molecule has 1 aliphatic heterocycles. The van der Waals surface area contributed by atoms with Gasteiger partial charge in [-0.25, -0.2) is 0 Å². The maximum absolute atomic E-state index is 12.8. The summed E-state index contributed by atoms with van der Waals surface area (Å²) in [5.74, 6) is -1.83. The molecule has 7 nitrogen and oxygen atoms in total. The third kappa shape index (κ3) is 3.92. The van der Waals surface area contributed by atoms with Gasteiger partial charge in [0.05, 0.1) is 0 Å². The van der Waals surface area contributed by atoms with Crippen molar-refractivity contribution in [3.63, 3.8) is 0 Å². The number of carboxylic acid groups (broad SMARTS) is 1. The van der Waals surface area contributed by atoms with Gasteiger partial charge in [-0.15, -0.1) is 0 Å². The molecule has 2 aromatic rings. The zero-order valence-corrected chi connectivity index (χ0v) is 14.8. The molecule has 0 saturated heterocycles. The standard InChI is InChI=1S/C20H20N2O5/c1-12(20(26)27)21-18(24)17(10-13-6-8-15(23)9-7-13)22-11-14-4-2-3-5-16(14)19(22)25/h2-9,12,17,23H,10-11H2,1H3,(H,21,24)(H,26,27)/t12-,17-/m0/s1. The summed E-state index contributed by atoms with van der Waals surface area (Å²) >= 11 is 0. The molecule has 1 heterocycles. The Balaban J connectivity index is 1.88. The molecule has 27 heavy (non-hydrogen) atoms. The number of phenolic OH excluding ortho intramolecular Hbond substituents is 1. The summed E-state index contributed by atoms with van der Waals surface area (Å²) in [7, 11) is 0. The first kappa shape index (κ1) is 18.4. The molecule has 140 valence electrons. The van der Waals surface area contributed by atoms with Crippen molar-refractivity contribution in [3.05, 3.63) is 65.2 Å². The van der Waals surface area contributed by atoms with Crippen LogP contribution < -0.4 is 5.32 Å². The second kappa shape index (κ2) is 7.49. The van der Waals surface area contributed by atoms with Crippen molar-refractivity contribution in [2.75, 3.05) is 0 Å². The summed E-state index contributed by atoms with van der Waals surface area (Å²) in [6, 6.07) is 11.6. The number of amides is 2. The van der Waals surface area contributed by atoms with Gasteiger partial charge in [0.15, 0.2) is 0 Å². The van der Waals surface area contributed by atoms with Crippen LogP contribution in [0.2, 0.25) is 0 Å². The number of rotatable bonds is 6. The van der Waals surface area contributed by atoms with Gasteiger partial charge in [0.1, 0.15) is 17.8 Å². The summed E-state index contributed by atoms with van der Waals surface area (Å²) in [4.78, 5) is 38.1. The topological polar surface area (TPSA) is 107 Å². The number of aliphatic carboxylic acids is 1. The Bertz CT molecular complexity index is 878. The van der Waals surface area contributed by atoms with E-state index >= 15 is 0 Å². The van der Waals surface area contributed by atoms with Crippen molar-refractivity contribution in [2.24, 2.45) is 0 Å². The SMILES string of the molecule is C[C@H](NC(=O)[C@H](Cc1ccc(O)cc1)N1Cc2ccccc2C1=O)C(=O)O. The third-order valence-electron chi connectivity index (χ3n) is 4.62. The molecule has 2 amide bonds. The smallest absolute Gasteiger partial charge is 0.325 e. The predicted molar refractivity (Wildman–Crippen MR) is 97.2 cm³/mol. The molecule has 0 fully saturated rings. The van der Waals surface area contributed by atoms with Gasteiger partial charge in [0, 0.05) is 18.5 Å². The molecule has 0 aliphatic carbocycles. The monoisotopic (exact) mass is 368 g/mol. The lowest BCUT2D eigenvalue weighted by Crippen LogP contribution is -2.51. The fraction of sp³-hybridized carbons (Fsp3) is 0.250. The van der Waals surface area contributed by atoms with Gasteiger partial charge in [0.2, 0.25) is 5.91 Å². The highest BCUT2D eigenvalue weighted by atomic mass is 16.4. The van der Waals surface area contributed by atoms with E-state index in [0.717, 1.165) is 11.1 Å². The molecule has 0 unspecified atom stereocenters. The van der Waals surface area contributed by atoms with E-state index in [1.54, 1.807) is 24.3 Å². The van der Waals surface area contributed by atoms with Gasteiger partial charge in [-0.05, 0) is 36.2 Å². The minimum atomic E-state index is -1.15. The predicted octanol–water partition coefficient (Wildman–Crippen LogP) is 1.55. The fourth-order valence-electron chi connectivity index (χ4n) is 3.10. The number of nitrogens with one attached hydrogen (secondary N) is 1.